The number of rotatable bonds is 6. The van der Waals surface area contributed by atoms with Crippen LogP contribution in [-0.4, -0.2) is 31.4 Å². The van der Waals surface area contributed by atoms with Crippen LogP contribution in [-0.2, 0) is 6.54 Å². The first-order valence-corrected chi connectivity index (χ1v) is 7.31. The number of methoxy groups -OCH3 is 1. The molecule has 0 bridgehead atoms. The van der Waals surface area contributed by atoms with Gasteiger partial charge < -0.3 is 4.74 Å². The largest absolute Gasteiger partial charge is 0.497 e. The van der Waals surface area contributed by atoms with E-state index in [4.69, 9.17) is 4.74 Å². The normalized spacial score (nSPS) is 10.8. The zero-order valence-corrected chi connectivity index (χ0v) is 12.9. The van der Waals surface area contributed by atoms with Crippen LogP contribution in [0, 0.1) is 6.92 Å². The fraction of sp³-hybridized carbons (Fsp3) is 0.312. The van der Waals surface area contributed by atoms with Gasteiger partial charge in [-0.05, 0) is 43.8 Å². The lowest BCUT2D eigenvalue weighted by Crippen LogP contribution is -2.25. The topological polar surface area (TPSA) is 29.5 Å². The van der Waals surface area contributed by atoms with Crippen molar-refractivity contribution in [2.45, 2.75) is 13.5 Å². The predicted octanol–water partition coefficient (Wildman–Crippen LogP) is 3.38. The third-order valence-corrected chi connectivity index (χ3v) is 4.08. The molecule has 0 aliphatic heterocycles. The van der Waals surface area contributed by atoms with Crippen molar-refractivity contribution < 1.29 is 9.53 Å². The van der Waals surface area contributed by atoms with Crippen molar-refractivity contribution in [2.24, 2.45) is 0 Å². The molecule has 0 fully saturated rings. The van der Waals surface area contributed by atoms with Crippen molar-refractivity contribution in [1.29, 1.82) is 0 Å². The van der Waals surface area contributed by atoms with E-state index in [9.17, 15) is 4.79 Å². The highest BCUT2D eigenvalue weighted by molar-refractivity contribution is 7.14. The summed E-state index contributed by atoms with van der Waals surface area (Å²) in [5.74, 6) is 1.03. The Morgan fingerprint density at radius 1 is 1.20 bits per heavy atom. The predicted molar refractivity (Wildman–Crippen MR) is 82.7 cm³/mol. The molecule has 1 aromatic carbocycles. The van der Waals surface area contributed by atoms with Gasteiger partial charge in [0, 0.05) is 11.4 Å². The van der Waals surface area contributed by atoms with Gasteiger partial charge in [-0.25, -0.2) is 0 Å². The summed E-state index contributed by atoms with van der Waals surface area (Å²) < 4.78 is 5.13. The van der Waals surface area contributed by atoms with Gasteiger partial charge in [-0.2, -0.15) is 0 Å². The average Bonchev–Trinajstić information content (AvgIpc) is 2.86. The number of ether oxygens (including phenoxy) is 1. The van der Waals surface area contributed by atoms with E-state index < -0.39 is 0 Å². The van der Waals surface area contributed by atoms with Gasteiger partial charge in [0.05, 0.1) is 18.5 Å². The number of likely N-dealkylation sites (N-methyl/N-ethyl adjacent to an activating group) is 1. The lowest BCUT2D eigenvalue weighted by Gasteiger charge is -2.15. The maximum absolute atomic E-state index is 12.1. The van der Waals surface area contributed by atoms with E-state index in [2.05, 4.69) is 0 Å². The summed E-state index contributed by atoms with van der Waals surface area (Å²) in [6, 6.07) is 11.8. The number of thiophene rings is 1. The van der Waals surface area contributed by atoms with Gasteiger partial charge in [0.2, 0.25) is 0 Å². The fourth-order valence-electron chi connectivity index (χ4n) is 2.01. The molecule has 0 spiro atoms. The Bertz CT molecular complexity index is 574. The third-order valence-electron chi connectivity index (χ3n) is 3.04. The van der Waals surface area contributed by atoms with E-state index in [-0.39, 0.29) is 5.78 Å². The van der Waals surface area contributed by atoms with Crippen LogP contribution >= 0.6 is 11.3 Å². The number of hydrogen-bond donors (Lipinski definition) is 0. The van der Waals surface area contributed by atoms with Gasteiger partial charge in [0.15, 0.2) is 5.78 Å². The average molecular weight is 289 g/mol. The number of nitrogens with zero attached hydrogens (tertiary/aromatic N) is 1. The van der Waals surface area contributed by atoms with Crippen LogP contribution in [0.25, 0.3) is 0 Å². The van der Waals surface area contributed by atoms with Crippen LogP contribution in [0.5, 0.6) is 5.75 Å². The lowest BCUT2D eigenvalue weighted by molar-refractivity contribution is 0.0947. The van der Waals surface area contributed by atoms with Gasteiger partial charge in [-0.15, -0.1) is 11.3 Å². The van der Waals surface area contributed by atoms with E-state index in [1.54, 1.807) is 18.4 Å². The van der Waals surface area contributed by atoms with Crippen LogP contribution in [0.3, 0.4) is 0 Å². The minimum Gasteiger partial charge on any atom is -0.497 e. The quantitative estimate of drug-likeness (QED) is 0.764. The second-order valence-electron chi connectivity index (χ2n) is 4.85. The Kier molecular flexibility index (Phi) is 4.93. The van der Waals surface area contributed by atoms with Crippen molar-refractivity contribution in [2.75, 3.05) is 20.7 Å². The van der Waals surface area contributed by atoms with E-state index in [0.717, 1.165) is 17.2 Å². The Balaban J connectivity index is 1.91. The Morgan fingerprint density at radius 2 is 1.90 bits per heavy atom. The maximum atomic E-state index is 12.1. The molecule has 0 aliphatic carbocycles. The Morgan fingerprint density at radius 3 is 2.45 bits per heavy atom. The summed E-state index contributed by atoms with van der Waals surface area (Å²) in [4.78, 5) is 16.1. The molecule has 2 aromatic rings. The molecule has 0 aliphatic rings. The van der Waals surface area contributed by atoms with Crippen molar-refractivity contribution in [1.82, 2.24) is 4.90 Å². The summed E-state index contributed by atoms with van der Waals surface area (Å²) in [7, 11) is 3.62. The second-order valence-corrected chi connectivity index (χ2v) is 6.14. The van der Waals surface area contributed by atoms with Crippen molar-refractivity contribution in [3.8, 4) is 5.75 Å². The molecule has 20 heavy (non-hydrogen) atoms. The van der Waals surface area contributed by atoms with Crippen LogP contribution < -0.4 is 4.74 Å². The minimum absolute atomic E-state index is 0.180. The third kappa shape index (κ3) is 3.92. The van der Waals surface area contributed by atoms with Crippen molar-refractivity contribution in [3.63, 3.8) is 0 Å². The number of Topliss-reactive ketones (excluding diaryl/α,β-unsaturated/α-hetero) is 1. The molecule has 1 heterocycles. The van der Waals surface area contributed by atoms with Gasteiger partial charge in [0.1, 0.15) is 5.75 Å². The molecule has 2 rings (SSSR count). The standard InChI is InChI=1S/C16H19NO2S/c1-12-4-9-16(20-12)15(18)11-17(2)10-13-5-7-14(19-3)8-6-13/h4-9H,10-11H2,1-3H3. The van der Waals surface area contributed by atoms with Crippen LogP contribution in [0.1, 0.15) is 20.1 Å². The van der Waals surface area contributed by atoms with Gasteiger partial charge >= 0.3 is 0 Å². The lowest BCUT2D eigenvalue weighted by atomic mass is 10.2. The number of aryl methyl sites for hydroxylation is 1. The molecule has 4 heteroatoms. The number of carbonyl (C=O) groups is 1. The smallest absolute Gasteiger partial charge is 0.186 e. The number of hydrogen-bond acceptors (Lipinski definition) is 4. The molecule has 0 saturated heterocycles. The van der Waals surface area contributed by atoms with Crippen LogP contribution in [0.2, 0.25) is 0 Å². The van der Waals surface area contributed by atoms with E-state index in [1.807, 2.05) is 55.3 Å². The maximum Gasteiger partial charge on any atom is 0.186 e. The van der Waals surface area contributed by atoms with E-state index in [1.165, 1.54) is 10.4 Å². The summed E-state index contributed by atoms with van der Waals surface area (Å²) in [5, 5.41) is 0. The number of carbonyl (C=O) groups excluding carboxylic acids is 1. The summed E-state index contributed by atoms with van der Waals surface area (Å²) >= 11 is 1.56. The number of benzene rings is 1. The molecule has 3 nitrogen and oxygen atoms in total. The summed E-state index contributed by atoms with van der Waals surface area (Å²) in [6.45, 7) is 3.20. The van der Waals surface area contributed by atoms with Gasteiger partial charge in [-0.1, -0.05) is 12.1 Å². The first kappa shape index (κ1) is 14.8. The monoisotopic (exact) mass is 289 g/mol. The molecular formula is C16H19NO2S. The van der Waals surface area contributed by atoms with E-state index in [0.29, 0.717) is 6.54 Å². The Labute approximate surface area is 123 Å². The molecule has 0 saturated carbocycles. The second kappa shape index (κ2) is 6.68. The molecule has 106 valence electrons. The molecule has 0 N–H and O–H groups in total. The zero-order chi connectivity index (χ0) is 14.5. The summed E-state index contributed by atoms with van der Waals surface area (Å²) in [5.41, 5.74) is 1.17. The first-order chi connectivity index (χ1) is 9.58. The zero-order valence-electron chi connectivity index (χ0n) is 12.1. The van der Waals surface area contributed by atoms with Crippen molar-refractivity contribution >= 4 is 17.1 Å². The van der Waals surface area contributed by atoms with E-state index >= 15 is 0 Å². The summed E-state index contributed by atoms with van der Waals surface area (Å²) in [6.07, 6.45) is 0. The van der Waals surface area contributed by atoms with Gasteiger partial charge in [0.25, 0.3) is 0 Å². The minimum atomic E-state index is 0.180. The molecule has 0 unspecified atom stereocenters. The SMILES string of the molecule is COc1ccc(CN(C)CC(=O)c2ccc(C)s2)cc1. The van der Waals surface area contributed by atoms with Gasteiger partial charge in [-0.3, -0.25) is 9.69 Å². The highest BCUT2D eigenvalue weighted by atomic mass is 32.1. The molecule has 0 radical (unpaired) electrons. The van der Waals surface area contributed by atoms with Crippen LogP contribution in [0.15, 0.2) is 36.4 Å². The fourth-order valence-corrected chi connectivity index (χ4v) is 2.80. The Hall–Kier alpha value is -1.65. The van der Waals surface area contributed by atoms with Crippen LogP contribution in [0.4, 0.5) is 0 Å². The molecule has 1 aromatic heterocycles. The van der Waals surface area contributed by atoms with Crippen molar-refractivity contribution in [3.05, 3.63) is 51.7 Å². The molecule has 0 amide bonds. The highest BCUT2D eigenvalue weighted by Gasteiger charge is 2.11. The molecular weight excluding hydrogens is 270 g/mol. The number of ketones is 1. The first-order valence-electron chi connectivity index (χ1n) is 6.49. The molecule has 0 atom stereocenters. The highest BCUT2D eigenvalue weighted by Crippen LogP contribution is 2.17.